The molecule has 1 saturated heterocycles. The first kappa shape index (κ1) is 8.97. The maximum absolute atomic E-state index is 11.0. The largest absolute Gasteiger partial charge is 0.481 e. The summed E-state index contributed by atoms with van der Waals surface area (Å²) in [4.78, 5) is 11.0. The Bertz CT molecular complexity index is 208. The molecule has 0 amide bonds. The fourth-order valence-electron chi connectivity index (χ4n) is 2.24. The molecule has 4 heteroatoms. The van der Waals surface area contributed by atoms with Crippen molar-refractivity contribution in [3.05, 3.63) is 0 Å². The van der Waals surface area contributed by atoms with Crippen LogP contribution in [0.15, 0.2) is 0 Å². The van der Waals surface area contributed by atoms with Crippen LogP contribution in [0.2, 0.25) is 0 Å². The van der Waals surface area contributed by atoms with Gasteiger partial charge in [-0.1, -0.05) is 6.42 Å². The Hall–Kier alpha value is -0.610. The third-order valence-electron chi connectivity index (χ3n) is 2.87. The molecule has 1 aliphatic heterocycles. The minimum absolute atomic E-state index is 0.469. The first-order valence-corrected chi connectivity index (χ1v) is 4.75. The van der Waals surface area contributed by atoms with Crippen molar-refractivity contribution in [2.45, 2.75) is 31.5 Å². The van der Waals surface area contributed by atoms with Crippen LogP contribution in [0.25, 0.3) is 0 Å². The van der Waals surface area contributed by atoms with Gasteiger partial charge in [0.2, 0.25) is 0 Å². The van der Waals surface area contributed by atoms with Crippen LogP contribution >= 0.6 is 0 Å². The average Bonchev–Trinajstić information content (AvgIpc) is 2.54. The average molecular weight is 186 g/mol. The zero-order valence-corrected chi connectivity index (χ0v) is 7.49. The van der Waals surface area contributed by atoms with E-state index in [1.54, 1.807) is 0 Å². The van der Waals surface area contributed by atoms with Crippen LogP contribution in [-0.2, 0) is 14.3 Å². The molecule has 1 N–H and O–H groups in total. The minimum Gasteiger partial charge on any atom is -0.481 e. The van der Waals surface area contributed by atoms with E-state index in [0.29, 0.717) is 19.6 Å². The molecular formula is C9H14O4. The summed E-state index contributed by atoms with van der Waals surface area (Å²) in [7, 11) is 0. The molecular weight excluding hydrogens is 172 g/mol. The van der Waals surface area contributed by atoms with Crippen molar-refractivity contribution < 1.29 is 19.4 Å². The molecule has 0 radical (unpaired) electrons. The van der Waals surface area contributed by atoms with Gasteiger partial charge in [-0.3, -0.25) is 4.79 Å². The lowest BCUT2D eigenvalue weighted by atomic mass is 9.83. The highest BCUT2D eigenvalue weighted by Crippen LogP contribution is 2.40. The smallest absolute Gasteiger partial charge is 0.311 e. The Labute approximate surface area is 76.8 Å². The van der Waals surface area contributed by atoms with E-state index in [0.717, 1.165) is 19.3 Å². The molecule has 1 atom stereocenters. The molecule has 2 fully saturated rings. The van der Waals surface area contributed by atoms with Crippen molar-refractivity contribution in [1.82, 2.24) is 0 Å². The quantitative estimate of drug-likeness (QED) is 0.663. The summed E-state index contributed by atoms with van der Waals surface area (Å²) in [6.45, 7) is 1.06. The predicted octanol–water partition coefficient (Wildman–Crippen LogP) is 1.00. The molecule has 13 heavy (non-hydrogen) atoms. The van der Waals surface area contributed by atoms with Crippen molar-refractivity contribution in [2.75, 3.05) is 13.2 Å². The van der Waals surface area contributed by atoms with Crippen LogP contribution in [0.4, 0.5) is 0 Å². The summed E-state index contributed by atoms with van der Waals surface area (Å²) < 4.78 is 10.9. The van der Waals surface area contributed by atoms with E-state index in [2.05, 4.69) is 0 Å². The number of carboxylic acids is 1. The van der Waals surface area contributed by atoms with E-state index in [1.165, 1.54) is 0 Å². The third kappa shape index (κ3) is 1.44. The Kier molecular flexibility index (Phi) is 2.26. The Morgan fingerprint density at radius 3 is 2.62 bits per heavy atom. The fraction of sp³-hybridized carbons (Fsp3) is 0.889. The van der Waals surface area contributed by atoms with Gasteiger partial charge in [0.05, 0.1) is 13.2 Å². The van der Waals surface area contributed by atoms with Gasteiger partial charge in [-0.25, -0.2) is 0 Å². The molecule has 1 aliphatic carbocycles. The number of aliphatic carboxylic acids is 1. The lowest BCUT2D eigenvalue weighted by molar-refractivity contribution is -0.219. The van der Waals surface area contributed by atoms with Crippen molar-refractivity contribution in [1.29, 1.82) is 0 Å². The Morgan fingerprint density at radius 1 is 1.31 bits per heavy atom. The summed E-state index contributed by atoms with van der Waals surface area (Å²) in [5, 5.41) is 9.00. The molecule has 0 aromatic carbocycles. The summed E-state index contributed by atoms with van der Waals surface area (Å²) in [5.41, 5.74) is 0. The van der Waals surface area contributed by atoms with Gasteiger partial charge in [0, 0.05) is 6.42 Å². The van der Waals surface area contributed by atoms with Crippen LogP contribution in [-0.4, -0.2) is 30.1 Å². The number of hydrogen-bond acceptors (Lipinski definition) is 3. The van der Waals surface area contributed by atoms with Gasteiger partial charge in [-0.15, -0.1) is 0 Å². The monoisotopic (exact) mass is 186 g/mol. The molecule has 1 saturated carbocycles. The van der Waals surface area contributed by atoms with Crippen LogP contribution in [0, 0.1) is 5.92 Å². The lowest BCUT2D eigenvalue weighted by Gasteiger charge is -2.36. The summed E-state index contributed by atoms with van der Waals surface area (Å²) in [6.07, 6.45) is 3.37. The number of ether oxygens (including phenoxy) is 2. The van der Waals surface area contributed by atoms with Gasteiger partial charge < -0.3 is 14.6 Å². The maximum atomic E-state index is 11.0. The molecule has 1 heterocycles. The van der Waals surface area contributed by atoms with E-state index in [-0.39, 0.29) is 0 Å². The number of carbonyl (C=O) groups is 1. The second-order valence-corrected chi connectivity index (χ2v) is 3.65. The van der Waals surface area contributed by atoms with Crippen molar-refractivity contribution in [2.24, 2.45) is 5.92 Å². The summed E-state index contributed by atoms with van der Waals surface area (Å²) in [5.74, 6) is -2.05. The second kappa shape index (κ2) is 3.27. The zero-order valence-electron chi connectivity index (χ0n) is 7.49. The van der Waals surface area contributed by atoms with E-state index in [1.807, 2.05) is 0 Å². The zero-order chi connectivity index (χ0) is 9.31. The van der Waals surface area contributed by atoms with Crippen molar-refractivity contribution >= 4 is 5.97 Å². The normalized spacial score (nSPS) is 32.2. The molecule has 74 valence electrons. The fourth-order valence-corrected chi connectivity index (χ4v) is 2.24. The van der Waals surface area contributed by atoms with Crippen molar-refractivity contribution in [3.63, 3.8) is 0 Å². The van der Waals surface area contributed by atoms with Crippen LogP contribution in [0.3, 0.4) is 0 Å². The highest BCUT2D eigenvalue weighted by Gasteiger charge is 2.49. The molecule has 0 aromatic heterocycles. The van der Waals surface area contributed by atoms with Gasteiger partial charge in [-0.05, 0) is 12.8 Å². The highest BCUT2D eigenvalue weighted by atomic mass is 16.7. The van der Waals surface area contributed by atoms with Crippen LogP contribution in [0.5, 0.6) is 0 Å². The molecule has 0 aromatic rings. The van der Waals surface area contributed by atoms with E-state index >= 15 is 0 Å². The van der Waals surface area contributed by atoms with Crippen molar-refractivity contribution in [3.8, 4) is 0 Å². The van der Waals surface area contributed by atoms with Crippen LogP contribution < -0.4 is 0 Å². The SMILES string of the molecule is O=C(O)C1CCCCC12OCCO2. The first-order chi connectivity index (χ1) is 6.25. The Morgan fingerprint density at radius 2 is 2.00 bits per heavy atom. The molecule has 2 rings (SSSR count). The number of rotatable bonds is 1. The molecule has 0 bridgehead atoms. The van der Waals surface area contributed by atoms with E-state index in [4.69, 9.17) is 14.6 Å². The maximum Gasteiger partial charge on any atom is 0.311 e. The number of hydrogen-bond donors (Lipinski definition) is 1. The third-order valence-corrected chi connectivity index (χ3v) is 2.87. The lowest BCUT2D eigenvalue weighted by Crippen LogP contribution is -2.45. The summed E-state index contributed by atoms with van der Waals surface area (Å²) >= 11 is 0. The second-order valence-electron chi connectivity index (χ2n) is 3.65. The van der Waals surface area contributed by atoms with Gasteiger partial charge in [-0.2, -0.15) is 0 Å². The van der Waals surface area contributed by atoms with Gasteiger partial charge >= 0.3 is 5.97 Å². The summed E-state index contributed by atoms with van der Waals surface area (Å²) in [6, 6.07) is 0. The topological polar surface area (TPSA) is 55.8 Å². The molecule has 4 nitrogen and oxygen atoms in total. The van der Waals surface area contributed by atoms with E-state index in [9.17, 15) is 4.79 Å². The predicted molar refractivity (Wildman–Crippen MR) is 44.2 cm³/mol. The highest BCUT2D eigenvalue weighted by molar-refractivity contribution is 5.71. The molecule has 1 unspecified atom stereocenters. The van der Waals surface area contributed by atoms with Crippen LogP contribution in [0.1, 0.15) is 25.7 Å². The molecule has 1 spiro atoms. The van der Waals surface area contributed by atoms with Gasteiger partial charge in [0.25, 0.3) is 0 Å². The number of carboxylic acid groups (broad SMARTS) is 1. The minimum atomic E-state index is -0.790. The van der Waals surface area contributed by atoms with E-state index < -0.39 is 17.7 Å². The van der Waals surface area contributed by atoms with Gasteiger partial charge in [0.1, 0.15) is 5.92 Å². The van der Waals surface area contributed by atoms with Gasteiger partial charge in [0.15, 0.2) is 5.79 Å². The first-order valence-electron chi connectivity index (χ1n) is 4.75. The standard InChI is InChI=1S/C9H14O4/c10-8(11)7-3-1-2-4-9(7)12-5-6-13-9/h7H,1-6H2,(H,10,11). The Balaban J connectivity index is 2.16. The molecule has 2 aliphatic rings.